The summed E-state index contributed by atoms with van der Waals surface area (Å²) in [6.07, 6.45) is 17.7. The molecule has 1 atom stereocenters. The maximum atomic E-state index is 3.82. The van der Waals surface area contributed by atoms with Crippen LogP contribution in [0.1, 0.15) is 49.9 Å². The Balaban J connectivity index is 1.40. The predicted molar refractivity (Wildman–Crippen MR) is 187 cm³/mol. The lowest BCUT2D eigenvalue weighted by Crippen LogP contribution is -2.26. The van der Waals surface area contributed by atoms with Gasteiger partial charge < -0.3 is 9.88 Å². The van der Waals surface area contributed by atoms with Crippen LogP contribution in [-0.4, -0.2) is 10.6 Å². The summed E-state index contributed by atoms with van der Waals surface area (Å²) in [7, 11) is 0. The number of allylic oxidation sites excluding steroid dienone is 8. The molecule has 2 heteroatoms. The Hall–Kier alpha value is -4.82. The molecule has 0 fully saturated rings. The van der Waals surface area contributed by atoms with Gasteiger partial charge in [0, 0.05) is 27.9 Å². The molecule has 1 aliphatic rings. The molecular formula is C41H40N2. The molecule has 2 nitrogen and oxygen atoms in total. The van der Waals surface area contributed by atoms with Crippen molar-refractivity contribution in [3.63, 3.8) is 0 Å². The van der Waals surface area contributed by atoms with E-state index in [0.717, 1.165) is 12.1 Å². The van der Waals surface area contributed by atoms with Crippen molar-refractivity contribution in [2.24, 2.45) is 0 Å². The van der Waals surface area contributed by atoms with Gasteiger partial charge in [-0.25, -0.2) is 0 Å². The van der Waals surface area contributed by atoms with Crippen molar-refractivity contribution in [1.29, 1.82) is 0 Å². The van der Waals surface area contributed by atoms with Crippen molar-refractivity contribution in [2.45, 2.75) is 45.6 Å². The molecule has 1 aliphatic heterocycles. The molecule has 1 aromatic heterocycles. The Bertz CT molecular complexity index is 1930. The lowest BCUT2D eigenvalue weighted by molar-refractivity contribution is 0.630. The molecule has 4 aromatic carbocycles. The third-order valence-corrected chi connectivity index (χ3v) is 8.64. The number of aromatic nitrogens is 1. The Labute approximate surface area is 256 Å². The molecular weight excluding hydrogens is 520 g/mol. The molecule has 43 heavy (non-hydrogen) atoms. The third-order valence-electron chi connectivity index (χ3n) is 8.64. The number of hydrogen-bond acceptors (Lipinski definition) is 1. The minimum atomic E-state index is -0.124. The lowest BCUT2D eigenvalue weighted by atomic mass is 9.74. The molecule has 1 N–H and O–H groups in total. The maximum absolute atomic E-state index is 3.82. The summed E-state index contributed by atoms with van der Waals surface area (Å²) in [5, 5.41) is 6.27. The number of hydrogen-bond donors (Lipinski definition) is 1. The maximum Gasteiger partial charge on any atom is 0.0582 e. The number of nitrogens with zero attached hydrogens (tertiary/aromatic N) is 1. The standard InChI is InChI=1S/C41H40N2/c1-6-7-10-17-29(2)32-26-35-34-28-33(42-30(3)18-11-8-12-19-31-20-13-9-14-21-31)24-25-38(34)43-39-23-16-15-22-36(39)41(4,5)37(27-32)40(35)43/h6-18,20-28,30,42H,1,19H2,2-5H3/b10-7-,12-8-,18-11-,29-17+. The average molecular weight is 561 g/mol. The van der Waals surface area contributed by atoms with Crippen LogP contribution in [0.25, 0.3) is 33.1 Å². The summed E-state index contributed by atoms with van der Waals surface area (Å²) in [6.45, 7) is 12.9. The number of para-hydroxylation sites is 1. The van der Waals surface area contributed by atoms with E-state index in [9.17, 15) is 0 Å². The van der Waals surface area contributed by atoms with Gasteiger partial charge in [0.2, 0.25) is 0 Å². The van der Waals surface area contributed by atoms with Crippen LogP contribution in [-0.2, 0) is 11.8 Å². The van der Waals surface area contributed by atoms with Gasteiger partial charge in [-0.3, -0.25) is 0 Å². The van der Waals surface area contributed by atoms with E-state index in [0.29, 0.717) is 0 Å². The van der Waals surface area contributed by atoms with Crippen molar-refractivity contribution in [2.75, 3.05) is 5.32 Å². The van der Waals surface area contributed by atoms with Gasteiger partial charge in [0.05, 0.1) is 16.7 Å². The normalized spacial score (nSPS) is 15.1. The van der Waals surface area contributed by atoms with Crippen LogP contribution in [0, 0.1) is 0 Å². The van der Waals surface area contributed by atoms with E-state index >= 15 is 0 Å². The van der Waals surface area contributed by atoms with Crippen molar-refractivity contribution >= 4 is 33.1 Å². The number of benzene rings is 4. The van der Waals surface area contributed by atoms with Gasteiger partial charge in [-0.15, -0.1) is 0 Å². The molecule has 214 valence electrons. The van der Waals surface area contributed by atoms with Gasteiger partial charge in [-0.1, -0.05) is 118 Å². The fourth-order valence-electron chi connectivity index (χ4n) is 6.35. The van der Waals surface area contributed by atoms with Crippen molar-refractivity contribution in [3.05, 3.63) is 162 Å². The summed E-state index contributed by atoms with van der Waals surface area (Å²) >= 11 is 0. The van der Waals surface area contributed by atoms with Crippen LogP contribution in [0.15, 0.2) is 140 Å². The van der Waals surface area contributed by atoms with Crippen molar-refractivity contribution in [3.8, 4) is 5.69 Å². The second-order valence-corrected chi connectivity index (χ2v) is 12.0. The van der Waals surface area contributed by atoms with E-state index in [1.165, 1.54) is 55.3 Å². The highest BCUT2D eigenvalue weighted by Gasteiger charge is 2.35. The van der Waals surface area contributed by atoms with Crippen LogP contribution in [0.3, 0.4) is 0 Å². The van der Waals surface area contributed by atoms with Gasteiger partial charge >= 0.3 is 0 Å². The highest BCUT2D eigenvalue weighted by molar-refractivity contribution is 6.13. The zero-order valence-corrected chi connectivity index (χ0v) is 25.6. The highest BCUT2D eigenvalue weighted by Crippen LogP contribution is 2.48. The van der Waals surface area contributed by atoms with Gasteiger partial charge in [0.15, 0.2) is 0 Å². The first-order valence-corrected chi connectivity index (χ1v) is 15.2. The minimum absolute atomic E-state index is 0.124. The molecule has 0 saturated carbocycles. The van der Waals surface area contributed by atoms with Gasteiger partial charge in [0.1, 0.15) is 0 Å². The zero-order valence-electron chi connectivity index (χ0n) is 25.6. The Morgan fingerprint density at radius 1 is 0.860 bits per heavy atom. The number of nitrogens with one attached hydrogen (secondary N) is 1. The summed E-state index contributed by atoms with van der Waals surface area (Å²) in [4.78, 5) is 0. The van der Waals surface area contributed by atoms with E-state index in [1.807, 2.05) is 12.2 Å². The van der Waals surface area contributed by atoms with Crippen LogP contribution < -0.4 is 5.32 Å². The third kappa shape index (κ3) is 5.42. The first kappa shape index (κ1) is 28.3. The summed E-state index contributed by atoms with van der Waals surface area (Å²) in [6, 6.07) is 31.2. The molecule has 0 spiro atoms. The van der Waals surface area contributed by atoms with Gasteiger partial charge in [-0.05, 0) is 84.5 Å². The molecule has 6 rings (SSSR count). The fraction of sp³-hybridized carbons (Fsp3) is 0.171. The molecule has 0 amide bonds. The Morgan fingerprint density at radius 2 is 1.65 bits per heavy atom. The Morgan fingerprint density at radius 3 is 2.47 bits per heavy atom. The average Bonchev–Trinajstić information content (AvgIpc) is 3.34. The van der Waals surface area contributed by atoms with E-state index in [2.05, 4.69) is 166 Å². The van der Waals surface area contributed by atoms with E-state index < -0.39 is 0 Å². The summed E-state index contributed by atoms with van der Waals surface area (Å²) in [5.41, 5.74) is 11.3. The molecule has 5 aromatic rings. The topological polar surface area (TPSA) is 17.0 Å². The smallest absolute Gasteiger partial charge is 0.0582 e. The van der Waals surface area contributed by atoms with E-state index in [1.54, 1.807) is 0 Å². The van der Waals surface area contributed by atoms with Crippen molar-refractivity contribution < 1.29 is 0 Å². The van der Waals surface area contributed by atoms with Gasteiger partial charge in [-0.2, -0.15) is 0 Å². The molecule has 1 unspecified atom stereocenters. The van der Waals surface area contributed by atoms with Crippen molar-refractivity contribution in [1.82, 2.24) is 4.57 Å². The zero-order chi connectivity index (χ0) is 30.0. The molecule has 0 aliphatic carbocycles. The highest BCUT2D eigenvalue weighted by atomic mass is 15.0. The van der Waals surface area contributed by atoms with Gasteiger partial charge in [0.25, 0.3) is 0 Å². The number of rotatable bonds is 9. The van der Waals surface area contributed by atoms with E-state index in [-0.39, 0.29) is 11.5 Å². The monoisotopic (exact) mass is 560 g/mol. The lowest BCUT2D eigenvalue weighted by Gasteiger charge is -2.35. The van der Waals surface area contributed by atoms with Crippen LogP contribution in [0.4, 0.5) is 5.69 Å². The number of fused-ring (bicyclic) bond motifs is 5. The quantitative estimate of drug-likeness (QED) is 0.177. The molecule has 2 heterocycles. The largest absolute Gasteiger partial charge is 0.379 e. The number of anilines is 1. The fourth-order valence-corrected chi connectivity index (χ4v) is 6.35. The second kappa shape index (κ2) is 11.8. The summed E-state index contributed by atoms with van der Waals surface area (Å²) < 4.78 is 2.48. The van der Waals surface area contributed by atoms with Crippen LogP contribution >= 0.6 is 0 Å². The van der Waals surface area contributed by atoms with E-state index in [4.69, 9.17) is 0 Å². The first-order valence-electron chi connectivity index (χ1n) is 15.2. The molecule has 0 radical (unpaired) electrons. The minimum Gasteiger partial charge on any atom is -0.379 e. The van der Waals surface area contributed by atoms with Crippen LogP contribution in [0.5, 0.6) is 0 Å². The summed E-state index contributed by atoms with van der Waals surface area (Å²) in [5.74, 6) is 0. The first-order chi connectivity index (χ1) is 20.9. The second-order valence-electron chi connectivity index (χ2n) is 12.0. The molecule has 0 saturated heterocycles. The predicted octanol–water partition coefficient (Wildman–Crippen LogP) is 10.7. The SMILES string of the molecule is C=C/C=C\C=C(/C)c1cc2c3c(c1)c1cc(NC(C)/C=C\C=C/Cc4ccccc4)ccc1n3-c1ccccc1C2(C)C. The molecule has 0 bridgehead atoms. The Kier molecular flexibility index (Phi) is 7.78. The van der Waals surface area contributed by atoms with Crippen LogP contribution in [0.2, 0.25) is 0 Å².